The summed E-state index contributed by atoms with van der Waals surface area (Å²) in [5.74, 6) is 0.956. The molecular weight excluding hydrogens is 278 g/mol. The van der Waals surface area contributed by atoms with Crippen molar-refractivity contribution in [2.45, 2.75) is 26.2 Å². The van der Waals surface area contributed by atoms with E-state index in [9.17, 15) is 0 Å². The maximum Gasteiger partial charge on any atom is 0.140 e. The number of likely N-dealkylation sites (tertiary alicyclic amines) is 1. The molecule has 0 aromatic carbocycles. The zero-order valence-electron chi connectivity index (χ0n) is 10.4. The summed E-state index contributed by atoms with van der Waals surface area (Å²) in [5, 5.41) is 3.38. The summed E-state index contributed by atoms with van der Waals surface area (Å²) in [6.07, 6.45) is 5.83. The summed E-state index contributed by atoms with van der Waals surface area (Å²) in [7, 11) is 0. The fourth-order valence-corrected chi connectivity index (χ4v) is 2.78. The number of nitrogens with zero attached hydrogens (tertiary/aromatic N) is 2. The summed E-state index contributed by atoms with van der Waals surface area (Å²) in [4.78, 5) is 6.92. The molecule has 17 heavy (non-hydrogen) atoms. The quantitative estimate of drug-likeness (QED) is 0.847. The highest BCUT2D eigenvalue weighted by Crippen LogP contribution is 2.20. The lowest BCUT2D eigenvalue weighted by Crippen LogP contribution is -2.22. The Morgan fingerprint density at radius 3 is 2.88 bits per heavy atom. The maximum absolute atomic E-state index is 4.38. The lowest BCUT2D eigenvalue weighted by molar-refractivity contribution is 0.337. The summed E-state index contributed by atoms with van der Waals surface area (Å²) in [6, 6.07) is 2.09. The van der Waals surface area contributed by atoms with Crippen LogP contribution in [0, 0.1) is 6.92 Å². The molecule has 3 nitrogen and oxygen atoms in total. The van der Waals surface area contributed by atoms with Gasteiger partial charge in [0.25, 0.3) is 0 Å². The molecule has 0 aliphatic carbocycles. The average molecular weight is 298 g/mol. The molecule has 0 unspecified atom stereocenters. The summed E-state index contributed by atoms with van der Waals surface area (Å²) in [6.45, 7) is 6.81. The second-order valence-corrected chi connectivity index (χ2v) is 5.53. The van der Waals surface area contributed by atoms with E-state index in [-0.39, 0.29) is 0 Å². The Morgan fingerprint density at radius 1 is 1.41 bits per heavy atom. The molecule has 0 atom stereocenters. The minimum absolute atomic E-state index is 0.956. The van der Waals surface area contributed by atoms with Gasteiger partial charge in [-0.05, 0) is 73.4 Å². The molecule has 0 spiro atoms. The first kappa shape index (κ1) is 12.8. The predicted octanol–water partition coefficient (Wildman–Crippen LogP) is 3.05. The Morgan fingerprint density at radius 2 is 2.18 bits per heavy atom. The second-order valence-electron chi connectivity index (χ2n) is 4.67. The van der Waals surface area contributed by atoms with Gasteiger partial charge in [0.2, 0.25) is 0 Å². The zero-order valence-corrected chi connectivity index (χ0v) is 12.0. The van der Waals surface area contributed by atoms with Crippen molar-refractivity contribution in [3.05, 3.63) is 22.3 Å². The molecule has 1 aromatic heterocycles. The predicted molar refractivity (Wildman–Crippen MR) is 75.5 cm³/mol. The van der Waals surface area contributed by atoms with Crippen LogP contribution in [0.4, 0.5) is 5.82 Å². The summed E-state index contributed by atoms with van der Waals surface area (Å²) in [5.41, 5.74) is 1.18. The third-order valence-electron chi connectivity index (χ3n) is 3.12. The fourth-order valence-electron chi connectivity index (χ4n) is 2.18. The number of hydrogen-bond acceptors (Lipinski definition) is 3. The van der Waals surface area contributed by atoms with Gasteiger partial charge in [-0.15, -0.1) is 0 Å². The molecule has 1 N–H and O–H groups in total. The third kappa shape index (κ3) is 3.96. The average Bonchev–Trinajstić information content (AvgIpc) is 2.79. The number of hydrogen-bond donors (Lipinski definition) is 1. The summed E-state index contributed by atoms with van der Waals surface area (Å²) < 4.78 is 1.05. The van der Waals surface area contributed by atoms with Crippen LogP contribution in [0.25, 0.3) is 0 Å². The van der Waals surface area contributed by atoms with Crippen molar-refractivity contribution in [3.8, 4) is 0 Å². The van der Waals surface area contributed by atoms with Gasteiger partial charge in [-0.25, -0.2) is 4.98 Å². The topological polar surface area (TPSA) is 28.2 Å². The van der Waals surface area contributed by atoms with Gasteiger partial charge in [-0.3, -0.25) is 0 Å². The van der Waals surface area contributed by atoms with Crippen LogP contribution in [0.3, 0.4) is 0 Å². The van der Waals surface area contributed by atoms with Crippen molar-refractivity contribution in [1.82, 2.24) is 9.88 Å². The van der Waals surface area contributed by atoms with E-state index < -0.39 is 0 Å². The molecule has 2 rings (SSSR count). The van der Waals surface area contributed by atoms with Gasteiger partial charge in [0, 0.05) is 12.7 Å². The van der Waals surface area contributed by atoms with E-state index in [0.29, 0.717) is 0 Å². The normalized spacial score (nSPS) is 16.4. The van der Waals surface area contributed by atoms with Crippen molar-refractivity contribution >= 4 is 21.7 Å². The maximum atomic E-state index is 4.38. The van der Waals surface area contributed by atoms with Crippen molar-refractivity contribution in [2.24, 2.45) is 0 Å². The van der Waals surface area contributed by atoms with Crippen LogP contribution in [0.5, 0.6) is 0 Å². The number of halogens is 1. The van der Waals surface area contributed by atoms with Crippen LogP contribution in [-0.2, 0) is 0 Å². The van der Waals surface area contributed by atoms with Crippen molar-refractivity contribution in [3.63, 3.8) is 0 Å². The monoisotopic (exact) mass is 297 g/mol. The van der Waals surface area contributed by atoms with E-state index in [1.165, 1.54) is 44.5 Å². The van der Waals surface area contributed by atoms with Crippen LogP contribution in [-0.4, -0.2) is 36.1 Å². The smallest absolute Gasteiger partial charge is 0.140 e. The largest absolute Gasteiger partial charge is 0.369 e. The van der Waals surface area contributed by atoms with E-state index in [2.05, 4.69) is 44.1 Å². The molecule has 0 radical (unpaired) electrons. The number of pyridine rings is 1. The molecule has 94 valence electrons. The number of aryl methyl sites for hydroxylation is 1. The Balaban J connectivity index is 1.70. The number of aromatic nitrogens is 1. The number of rotatable bonds is 5. The highest BCUT2D eigenvalue weighted by atomic mass is 79.9. The molecule has 1 aliphatic rings. The van der Waals surface area contributed by atoms with Gasteiger partial charge in [0.1, 0.15) is 5.82 Å². The van der Waals surface area contributed by atoms with Gasteiger partial charge in [0.05, 0.1) is 4.47 Å². The van der Waals surface area contributed by atoms with Crippen LogP contribution in [0.2, 0.25) is 0 Å². The number of nitrogens with one attached hydrogen (secondary N) is 1. The van der Waals surface area contributed by atoms with Gasteiger partial charge in [-0.2, -0.15) is 0 Å². The first-order valence-corrected chi connectivity index (χ1v) is 7.13. The van der Waals surface area contributed by atoms with Crippen molar-refractivity contribution in [1.29, 1.82) is 0 Å². The lowest BCUT2D eigenvalue weighted by atomic mass is 10.3. The Hall–Kier alpha value is -0.610. The molecule has 2 heterocycles. The standard InChI is InChI=1S/C13H20BrN3/c1-11-9-12(14)13(16-10-11)15-5-4-8-17-6-2-3-7-17/h9-10H,2-8H2,1H3,(H,15,16). The molecule has 0 saturated carbocycles. The SMILES string of the molecule is Cc1cnc(NCCCN2CCCC2)c(Br)c1. The minimum atomic E-state index is 0.956. The van der Waals surface area contributed by atoms with E-state index >= 15 is 0 Å². The zero-order chi connectivity index (χ0) is 12.1. The molecule has 1 aromatic rings. The number of anilines is 1. The Kier molecular flexibility index (Phi) is 4.80. The van der Waals surface area contributed by atoms with E-state index in [1.54, 1.807) is 0 Å². The second kappa shape index (κ2) is 6.36. The molecule has 1 aliphatic heterocycles. The minimum Gasteiger partial charge on any atom is -0.369 e. The Labute approximate surface area is 112 Å². The van der Waals surface area contributed by atoms with Gasteiger partial charge >= 0.3 is 0 Å². The molecular formula is C13H20BrN3. The van der Waals surface area contributed by atoms with E-state index in [4.69, 9.17) is 0 Å². The van der Waals surface area contributed by atoms with Gasteiger partial charge in [-0.1, -0.05) is 0 Å². The molecule has 1 saturated heterocycles. The fraction of sp³-hybridized carbons (Fsp3) is 0.615. The molecule has 1 fully saturated rings. The molecule has 4 heteroatoms. The third-order valence-corrected chi connectivity index (χ3v) is 3.72. The van der Waals surface area contributed by atoms with Crippen molar-refractivity contribution < 1.29 is 0 Å². The summed E-state index contributed by atoms with van der Waals surface area (Å²) >= 11 is 3.53. The highest BCUT2D eigenvalue weighted by molar-refractivity contribution is 9.10. The van der Waals surface area contributed by atoms with Crippen LogP contribution < -0.4 is 5.32 Å². The van der Waals surface area contributed by atoms with Gasteiger partial charge < -0.3 is 10.2 Å². The lowest BCUT2D eigenvalue weighted by Gasteiger charge is -2.14. The Bertz CT molecular complexity index is 362. The molecule has 0 amide bonds. The molecule has 0 bridgehead atoms. The first-order chi connectivity index (χ1) is 8.25. The highest BCUT2D eigenvalue weighted by Gasteiger charge is 2.10. The van der Waals surface area contributed by atoms with E-state index in [1.807, 2.05) is 6.20 Å². The van der Waals surface area contributed by atoms with Crippen molar-refractivity contribution in [2.75, 3.05) is 31.5 Å². The first-order valence-electron chi connectivity index (χ1n) is 6.34. The van der Waals surface area contributed by atoms with Crippen LogP contribution >= 0.6 is 15.9 Å². The van der Waals surface area contributed by atoms with Crippen LogP contribution in [0.15, 0.2) is 16.7 Å². The van der Waals surface area contributed by atoms with E-state index in [0.717, 1.165) is 16.8 Å². The van der Waals surface area contributed by atoms with Crippen LogP contribution in [0.1, 0.15) is 24.8 Å². The van der Waals surface area contributed by atoms with Gasteiger partial charge in [0.15, 0.2) is 0 Å².